The Morgan fingerprint density at radius 3 is 2.76 bits per heavy atom. The first-order valence-electron chi connectivity index (χ1n) is 6.12. The topological polar surface area (TPSA) is 0 Å². The maximum atomic E-state index is 2.49. The molecule has 0 bridgehead atoms. The van der Waals surface area contributed by atoms with E-state index in [9.17, 15) is 0 Å². The van der Waals surface area contributed by atoms with Gasteiger partial charge in [0.1, 0.15) is 0 Å². The smallest absolute Gasteiger partial charge is 0.00903 e. The van der Waals surface area contributed by atoms with Crippen LogP contribution in [0.5, 0.6) is 0 Å². The molecular formula is C15H16I2. The van der Waals surface area contributed by atoms with Gasteiger partial charge in [-0.05, 0) is 72.4 Å². The van der Waals surface area contributed by atoms with Crippen molar-refractivity contribution in [2.45, 2.75) is 20.3 Å². The molecule has 0 nitrogen and oxygen atoms in total. The van der Waals surface area contributed by atoms with E-state index < -0.39 is 0 Å². The number of rotatable bonds is 0. The van der Waals surface area contributed by atoms with E-state index in [1.807, 2.05) is 0 Å². The van der Waals surface area contributed by atoms with Crippen LogP contribution in [0.1, 0.15) is 20.3 Å². The molecule has 3 atom stereocenters. The van der Waals surface area contributed by atoms with Gasteiger partial charge in [-0.2, -0.15) is 0 Å². The van der Waals surface area contributed by atoms with Crippen LogP contribution in [0.3, 0.4) is 0 Å². The van der Waals surface area contributed by atoms with Crippen molar-refractivity contribution in [1.82, 2.24) is 0 Å². The fourth-order valence-electron chi connectivity index (χ4n) is 3.59. The molecule has 0 amide bonds. The molecule has 3 aliphatic rings. The molecule has 17 heavy (non-hydrogen) atoms. The van der Waals surface area contributed by atoms with Crippen LogP contribution in [0.2, 0.25) is 0 Å². The average Bonchev–Trinajstić information content (AvgIpc) is 2.49. The van der Waals surface area contributed by atoms with Crippen LogP contribution in [0.4, 0.5) is 0 Å². The van der Waals surface area contributed by atoms with Gasteiger partial charge in [-0.3, -0.25) is 0 Å². The van der Waals surface area contributed by atoms with Crippen LogP contribution in [0.15, 0.2) is 43.1 Å². The number of hydrogen-bond donors (Lipinski definition) is 0. The zero-order valence-corrected chi connectivity index (χ0v) is 14.4. The number of hydrogen-bond acceptors (Lipinski definition) is 0. The van der Waals surface area contributed by atoms with Crippen LogP contribution in [0, 0.1) is 23.2 Å². The molecule has 3 unspecified atom stereocenters. The molecular weight excluding hydrogens is 434 g/mol. The summed E-state index contributed by atoms with van der Waals surface area (Å²) in [5, 5.41) is 0. The second-order valence-corrected chi connectivity index (χ2v) is 8.45. The molecule has 0 aliphatic heterocycles. The van der Waals surface area contributed by atoms with Crippen molar-refractivity contribution in [3.8, 4) is 0 Å². The highest BCUT2D eigenvalue weighted by Crippen LogP contribution is 2.59. The monoisotopic (exact) mass is 450 g/mol. The zero-order chi connectivity index (χ0) is 12.2. The first-order valence-corrected chi connectivity index (χ1v) is 8.27. The van der Waals surface area contributed by atoms with Gasteiger partial charge in [-0.15, -0.1) is 0 Å². The summed E-state index contributed by atoms with van der Waals surface area (Å²) in [5.41, 5.74) is 2.05. The molecule has 0 spiro atoms. The fourth-order valence-corrected chi connectivity index (χ4v) is 4.81. The largest absolute Gasteiger partial charge is 0.0757 e. The lowest BCUT2D eigenvalue weighted by Crippen LogP contribution is -2.26. The van der Waals surface area contributed by atoms with Crippen LogP contribution in [-0.4, -0.2) is 0 Å². The van der Waals surface area contributed by atoms with Gasteiger partial charge in [-0.1, -0.05) is 49.8 Å². The fraction of sp³-hybridized carbons (Fsp3) is 0.467. The predicted molar refractivity (Wildman–Crippen MR) is 90.3 cm³/mol. The van der Waals surface area contributed by atoms with Crippen molar-refractivity contribution in [2.75, 3.05) is 0 Å². The second kappa shape index (κ2) is 4.22. The van der Waals surface area contributed by atoms with Crippen molar-refractivity contribution < 1.29 is 0 Å². The van der Waals surface area contributed by atoms with E-state index in [1.165, 1.54) is 13.6 Å². The minimum Gasteiger partial charge on any atom is -0.0757 e. The molecule has 0 heterocycles. The molecule has 2 heteroatoms. The van der Waals surface area contributed by atoms with E-state index in [1.54, 1.807) is 5.57 Å². The quantitative estimate of drug-likeness (QED) is 0.433. The van der Waals surface area contributed by atoms with E-state index in [0.29, 0.717) is 17.3 Å². The predicted octanol–water partition coefficient (Wildman–Crippen LogP) is 5.41. The van der Waals surface area contributed by atoms with Gasteiger partial charge in [0.05, 0.1) is 0 Å². The van der Waals surface area contributed by atoms with Gasteiger partial charge in [-0.25, -0.2) is 0 Å². The molecule has 1 fully saturated rings. The van der Waals surface area contributed by atoms with Gasteiger partial charge < -0.3 is 0 Å². The highest BCUT2D eigenvalue weighted by molar-refractivity contribution is 14.1. The van der Waals surface area contributed by atoms with Gasteiger partial charge in [0.25, 0.3) is 0 Å². The van der Waals surface area contributed by atoms with Gasteiger partial charge >= 0.3 is 0 Å². The Balaban J connectivity index is 2.08. The van der Waals surface area contributed by atoms with Crippen molar-refractivity contribution in [2.24, 2.45) is 23.2 Å². The summed E-state index contributed by atoms with van der Waals surface area (Å²) in [6, 6.07) is 0. The van der Waals surface area contributed by atoms with Crippen LogP contribution < -0.4 is 0 Å². The lowest BCUT2D eigenvalue weighted by molar-refractivity contribution is 0.218. The summed E-state index contributed by atoms with van der Waals surface area (Å²) in [4.78, 5) is 0. The number of halogens is 2. The van der Waals surface area contributed by atoms with E-state index in [-0.39, 0.29) is 0 Å². The third kappa shape index (κ3) is 1.90. The van der Waals surface area contributed by atoms with Crippen molar-refractivity contribution in [3.63, 3.8) is 0 Å². The third-order valence-corrected chi connectivity index (χ3v) is 6.11. The Morgan fingerprint density at radius 1 is 1.24 bits per heavy atom. The summed E-state index contributed by atoms with van der Waals surface area (Å²) in [7, 11) is 0. The standard InChI is InChI=1S/C15H16I2/c1-15(2)13-7-9(16)3-5-11(13)12-6-4-10(17)8-14(12)15/h3-7,11,13-14H,8H2,1-2H3. The molecule has 0 radical (unpaired) electrons. The van der Waals surface area contributed by atoms with Crippen molar-refractivity contribution >= 4 is 45.2 Å². The van der Waals surface area contributed by atoms with E-state index in [2.05, 4.69) is 89.4 Å². The molecule has 3 aliphatic carbocycles. The van der Waals surface area contributed by atoms with Crippen molar-refractivity contribution in [3.05, 3.63) is 43.1 Å². The van der Waals surface area contributed by atoms with Crippen LogP contribution in [-0.2, 0) is 0 Å². The second-order valence-electron chi connectivity index (χ2n) is 5.82. The molecule has 3 rings (SSSR count). The lowest BCUT2D eigenvalue weighted by atomic mass is 9.72. The molecule has 0 saturated heterocycles. The SMILES string of the molecule is CC1(C)C2CC(I)=CC=C2C2C=CC(I)=CC21. The minimum absolute atomic E-state index is 0.391. The van der Waals surface area contributed by atoms with E-state index in [0.717, 1.165) is 5.92 Å². The summed E-state index contributed by atoms with van der Waals surface area (Å²) in [6.45, 7) is 4.90. The van der Waals surface area contributed by atoms with E-state index in [4.69, 9.17) is 0 Å². The van der Waals surface area contributed by atoms with Crippen LogP contribution in [0.25, 0.3) is 0 Å². The number of allylic oxidation sites excluding steroid dienone is 8. The molecule has 1 saturated carbocycles. The Hall–Kier alpha value is 0.420. The summed E-state index contributed by atoms with van der Waals surface area (Å²) in [5.74, 6) is 2.07. The highest BCUT2D eigenvalue weighted by Gasteiger charge is 2.51. The Kier molecular flexibility index (Phi) is 3.09. The number of fused-ring (bicyclic) bond motifs is 3. The van der Waals surface area contributed by atoms with Crippen LogP contribution >= 0.6 is 45.2 Å². The van der Waals surface area contributed by atoms with Gasteiger partial charge in [0.15, 0.2) is 0 Å². The summed E-state index contributed by atoms with van der Waals surface area (Å²) >= 11 is 4.94. The Morgan fingerprint density at radius 2 is 2.00 bits per heavy atom. The molecule has 90 valence electrons. The van der Waals surface area contributed by atoms with Gasteiger partial charge in [0.2, 0.25) is 0 Å². The molecule has 0 aromatic carbocycles. The minimum atomic E-state index is 0.391. The first-order chi connectivity index (χ1) is 8.00. The maximum absolute atomic E-state index is 2.49. The van der Waals surface area contributed by atoms with Crippen molar-refractivity contribution in [1.29, 1.82) is 0 Å². The normalized spacial score (nSPS) is 37.9. The third-order valence-electron chi connectivity index (χ3n) is 4.59. The maximum Gasteiger partial charge on any atom is 0.00903 e. The highest BCUT2D eigenvalue weighted by atomic mass is 127. The Labute approximate surface area is 131 Å². The summed E-state index contributed by atoms with van der Waals surface area (Å²) in [6.07, 6.45) is 13.1. The Bertz CT molecular complexity index is 477. The zero-order valence-electron chi connectivity index (χ0n) is 10.1. The summed E-state index contributed by atoms with van der Waals surface area (Å²) < 4.78 is 2.91. The first kappa shape index (κ1) is 12.5. The lowest BCUT2D eigenvalue weighted by Gasteiger charge is -2.33. The van der Waals surface area contributed by atoms with E-state index >= 15 is 0 Å². The average molecular weight is 450 g/mol. The molecule has 0 aromatic heterocycles. The molecule has 0 aromatic rings. The van der Waals surface area contributed by atoms with Gasteiger partial charge in [0, 0.05) is 9.50 Å². The molecule has 0 N–H and O–H groups in total.